The highest BCUT2D eigenvalue weighted by atomic mass is 19.3. The second-order valence-corrected chi connectivity index (χ2v) is 2.73. The molecular weight excluding hydrogens is 136 g/mol. The molecule has 0 saturated heterocycles. The van der Waals surface area contributed by atoms with Crippen molar-refractivity contribution in [2.75, 3.05) is 0 Å². The van der Waals surface area contributed by atoms with Gasteiger partial charge in [-0.15, -0.1) is 0 Å². The number of allylic oxidation sites excluding steroid dienone is 1. The topological polar surface area (TPSA) is 26.0 Å². The predicted molar refractivity (Wildman–Crippen MR) is 38.0 cm³/mol. The molecule has 0 aromatic heterocycles. The highest BCUT2D eigenvalue weighted by Gasteiger charge is 2.28. The minimum atomic E-state index is -2.81. The number of hydrogen-bond acceptors (Lipinski definition) is 1. The smallest absolute Gasteiger partial charge is 0.263 e. The molecule has 0 aromatic rings. The van der Waals surface area contributed by atoms with Crippen LogP contribution in [-0.4, -0.2) is 12.0 Å². The molecule has 0 bridgehead atoms. The van der Waals surface area contributed by atoms with Crippen molar-refractivity contribution in [1.82, 2.24) is 0 Å². The molecule has 0 aliphatic carbocycles. The summed E-state index contributed by atoms with van der Waals surface area (Å²) in [6, 6.07) is -1.16. The summed E-state index contributed by atoms with van der Waals surface area (Å²) >= 11 is 0. The summed E-state index contributed by atoms with van der Waals surface area (Å²) < 4.78 is 24.6. The first-order valence-corrected chi connectivity index (χ1v) is 3.12. The van der Waals surface area contributed by atoms with Gasteiger partial charge in [0.2, 0.25) is 0 Å². The quantitative estimate of drug-likeness (QED) is 0.596. The van der Waals surface area contributed by atoms with Crippen LogP contribution in [0.5, 0.6) is 0 Å². The van der Waals surface area contributed by atoms with Gasteiger partial charge in [-0.2, -0.15) is 0 Å². The van der Waals surface area contributed by atoms with E-state index in [1.54, 1.807) is 13.8 Å². The predicted octanol–water partition coefficient (Wildman–Crippen LogP) is 1.94. The second-order valence-electron chi connectivity index (χ2n) is 2.73. The molecule has 2 N–H and O–H groups in total. The Morgan fingerprint density at radius 1 is 1.50 bits per heavy atom. The van der Waals surface area contributed by atoms with Crippen molar-refractivity contribution in [3.05, 3.63) is 11.6 Å². The maximum absolute atomic E-state index is 12.3. The van der Waals surface area contributed by atoms with Gasteiger partial charge in [0.1, 0.15) is 0 Å². The zero-order chi connectivity index (χ0) is 8.36. The first kappa shape index (κ1) is 9.56. The third-order valence-electron chi connectivity index (χ3n) is 1.10. The van der Waals surface area contributed by atoms with Gasteiger partial charge in [-0.3, -0.25) is 0 Å². The first-order chi connectivity index (χ1) is 4.34. The van der Waals surface area contributed by atoms with Crippen LogP contribution in [0, 0.1) is 0 Å². The number of halogens is 2. The summed E-state index contributed by atoms with van der Waals surface area (Å²) in [6.45, 7) is 4.30. The molecule has 0 aliphatic rings. The number of nitrogens with two attached hydrogens (primary N) is 1. The first-order valence-electron chi connectivity index (χ1n) is 3.12. The molecular formula is C7H13F2N. The van der Waals surface area contributed by atoms with Gasteiger partial charge in [0.25, 0.3) is 5.92 Å². The molecule has 60 valence electrons. The van der Waals surface area contributed by atoms with Crippen LogP contribution in [0.3, 0.4) is 0 Å². The summed E-state index contributed by atoms with van der Waals surface area (Å²) in [5.74, 6) is -2.81. The van der Waals surface area contributed by atoms with Crippen molar-refractivity contribution in [2.24, 2.45) is 5.73 Å². The molecule has 0 aliphatic heterocycles. The average Bonchev–Trinajstić information content (AvgIpc) is 1.60. The Hall–Kier alpha value is -0.440. The molecule has 0 aromatic carbocycles. The fraction of sp³-hybridized carbons (Fsp3) is 0.714. The maximum Gasteiger partial charge on any atom is 0.263 e. The third-order valence-corrected chi connectivity index (χ3v) is 1.10. The largest absolute Gasteiger partial charge is 0.320 e. The van der Waals surface area contributed by atoms with E-state index in [9.17, 15) is 8.78 Å². The molecule has 1 atom stereocenters. The van der Waals surface area contributed by atoms with Gasteiger partial charge in [-0.05, 0) is 13.8 Å². The maximum atomic E-state index is 12.3. The van der Waals surface area contributed by atoms with Crippen LogP contribution in [0.2, 0.25) is 0 Å². The Morgan fingerprint density at radius 3 is 2.00 bits per heavy atom. The van der Waals surface area contributed by atoms with Crippen LogP contribution in [0.25, 0.3) is 0 Å². The lowest BCUT2D eigenvalue weighted by molar-refractivity contribution is 0.00896. The van der Waals surface area contributed by atoms with Gasteiger partial charge in [-0.25, -0.2) is 8.78 Å². The van der Waals surface area contributed by atoms with Gasteiger partial charge < -0.3 is 5.73 Å². The Labute approximate surface area is 59.9 Å². The lowest BCUT2D eigenvalue weighted by atomic mass is 10.1. The highest BCUT2D eigenvalue weighted by molar-refractivity contribution is 5.03. The monoisotopic (exact) mass is 149 g/mol. The van der Waals surface area contributed by atoms with Gasteiger partial charge >= 0.3 is 0 Å². The summed E-state index contributed by atoms with van der Waals surface area (Å²) in [5.41, 5.74) is 5.94. The van der Waals surface area contributed by atoms with Crippen LogP contribution in [0.4, 0.5) is 8.78 Å². The highest BCUT2D eigenvalue weighted by Crippen LogP contribution is 2.16. The normalized spacial score (nSPS) is 14.6. The van der Waals surface area contributed by atoms with Crippen molar-refractivity contribution in [1.29, 1.82) is 0 Å². The van der Waals surface area contributed by atoms with E-state index >= 15 is 0 Å². The molecule has 0 fully saturated rings. The standard InChI is InChI=1S/C7H13F2N/c1-5(2)4-6(10)7(3,8)9/h4,6H,10H2,1-3H3. The van der Waals surface area contributed by atoms with E-state index in [1.807, 2.05) is 0 Å². The van der Waals surface area contributed by atoms with Crippen LogP contribution in [0.1, 0.15) is 20.8 Å². The summed E-state index contributed by atoms with van der Waals surface area (Å²) in [6.07, 6.45) is 1.36. The van der Waals surface area contributed by atoms with E-state index in [0.29, 0.717) is 0 Å². The third kappa shape index (κ3) is 3.56. The molecule has 0 amide bonds. The Morgan fingerprint density at radius 2 is 1.90 bits per heavy atom. The Balaban J connectivity index is 4.11. The lowest BCUT2D eigenvalue weighted by Gasteiger charge is -2.15. The number of hydrogen-bond donors (Lipinski definition) is 1. The van der Waals surface area contributed by atoms with Gasteiger partial charge in [0, 0.05) is 6.92 Å². The van der Waals surface area contributed by atoms with Crippen LogP contribution in [-0.2, 0) is 0 Å². The number of rotatable bonds is 2. The van der Waals surface area contributed by atoms with E-state index in [4.69, 9.17) is 5.73 Å². The second kappa shape index (κ2) is 3.10. The molecule has 0 spiro atoms. The van der Waals surface area contributed by atoms with E-state index in [2.05, 4.69) is 0 Å². The van der Waals surface area contributed by atoms with E-state index in [1.165, 1.54) is 6.08 Å². The van der Waals surface area contributed by atoms with Crippen molar-refractivity contribution >= 4 is 0 Å². The molecule has 3 heteroatoms. The zero-order valence-corrected chi connectivity index (χ0v) is 6.49. The van der Waals surface area contributed by atoms with E-state index in [-0.39, 0.29) is 0 Å². The van der Waals surface area contributed by atoms with E-state index in [0.717, 1.165) is 12.5 Å². The van der Waals surface area contributed by atoms with Crippen LogP contribution < -0.4 is 5.73 Å². The fourth-order valence-electron chi connectivity index (χ4n) is 0.505. The van der Waals surface area contributed by atoms with Gasteiger partial charge in [-0.1, -0.05) is 11.6 Å². The van der Waals surface area contributed by atoms with E-state index < -0.39 is 12.0 Å². The molecule has 0 heterocycles. The Kier molecular flexibility index (Phi) is 2.96. The summed E-state index contributed by atoms with van der Waals surface area (Å²) in [7, 11) is 0. The van der Waals surface area contributed by atoms with Crippen molar-refractivity contribution < 1.29 is 8.78 Å². The fourth-order valence-corrected chi connectivity index (χ4v) is 0.505. The minimum Gasteiger partial charge on any atom is -0.320 e. The SMILES string of the molecule is CC(C)=CC(N)C(C)(F)F. The zero-order valence-electron chi connectivity index (χ0n) is 6.49. The number of alkyl halides is 2. The van der Waals surface area contributed by atoms with Crippen molar-refractivity contribution in [2.45, 2.75) is 32.7 Å². The molecule has 1 unspecified atom stereocenters. The molecule has 0 radical (unpaired) electrons. The van der Waals surface area contributed by atoms with Crippen LogP contribution >= 0.6 is 0 Å². The molecule has 10 heavy (non-hydrogen) atoms. The molecule has 0 rings (SSSR count). The van der Waals surface area contributed by atoms with Crippen molar-refractivity contribution in [3.8, 4) is 0 Å². The molecule has 1 nitrogen and oxygen atoms in total. The summed E-state index contributed by atoms with van der Waals surface area (Å²) in [4.78, 5) is 0. The van der Waals surface area contributed by atoms with Gasteiger partial charge in [0.05, 0.1) is 6.04 Å². The van der Waals surface area contributed by atoms with Crippen molar-refractivity contribution in [3.63, 3.8) is 0 Å². The van der Waals surface area contributed by atoms with Crippen LogP contribution in [0.15, 0.2) is 11.6 Å². The van der Waals surface area contributed by atoms with Gasteiger partial charge in [0.15, 0.2) is 0 Å². The Bertz CT molecular complexity index is 131. The minimum absolute atomic E-state index is 0.814. The summed E-state index contributed by atoms with van der Waals surface area (Å²) in [5, 5.41) is 0. The average molecular weight is 149 g/mol. The molecule has 0 saturated carbocycles. The lowest BCUT2D eigenvalue weighted by Crippen LogP contribution is -2.36.